The van der Waals surface area contributed by atoms with E-state index in [-0.39, 0.29) is 25.9 Å². The van der Waals surface area contributed by atoms with Gasteiger partial charge in [-0.2, -0.15) is 0 Å². The minimum Gasteiger partial charge on any atom is -0.489 e. The lowest BCUT2D eigenvalue weighted by Gasteiger charge is -2.24. The number of nitrogens with two attached hydrogens (primary N) is 2. The Morgan fingerprint density at radius 1 is 0.673 bits per heavy atom. The topological polar surface area (TPSA) is 175 Å². The van der Waals surface area contributed by atoms with Crippen LogP contribution < -0.4 is 32.2 Å². The average Bonchev–Trinajstić information content (AvgIpc) is 3.14. The van der Waals surface area contributed by atoms with Crippen LogP contribution in [0.25, 0.3) is 0 Å². The van der Waals surface area contributed by atoms with E-state index in [4.69, 9.17) is 20.9 Å². The maximum Gasteiger partial charge on any atom is 0.407 e. The van der Waals surface area contributed by atoms with E-state index >= 15 is 0 Å². The SMILES string of the molecule is Cc1cc(OCc2ccccc2)cc(C)c1CC(N)C(=O)N[C@@H](CCCCNC(=O)OCc1ccccc1)C(=O)N[C@@H](Cc1ccccc1)C(N)=O. The highest BCUT2D eigenvalue weighted by molar-refractivity contribution is 5.92. The molecule has 11 heteroatoms. The third kappa shape index (κ3) is 12.9. The van der Waals surface area contributed by atoms with E-state index in [1.807, 2.05) is 117 Å². The van der Waals surface area contributed by atoms with Gasteiger partial charge in [-0.1, -0.05) is 91.0 Å². The van der Waals surface area contributed by atoms with Crippen molar-refractivity contribution in [3.8, 4) is 5.75 Å². The first-order valence-corrected chi connectivity index (χ1v) is 17.5. The number of alkyl carbamates (subject to hydrolysis) is 1. The fourth-order valence-electron chi connectivity index (χ4n) is 5.74. The van der Waals surface area contributed by atoms with E-state index in [1.54, 1.807) is 0 Å². The van der Waals surface area contributed by atoms with Crippen LogP contribution in [-0.2, 0) is 45.2 Å². The van der Waals surface area contributed by atoms with Gasteiger partial charge in [0.2, 0.25) is 17.7 Å². The lowest BCUT2D eigenvalue weighted by atomic mass is 9.95. The summed E-state index contributed by atoms with van der Waals surface area (Å²) in [6.07, 6.45) is 1.09. The molecule has 4 amide bonds. The fraction of sp³-hybridized carbons (Fsp3) is 0.317. The monoisotopic (exact) mass is 707 g/mol. The Hall–Kier alpha value is -5.68. The number of amides is 4. The molecular formula is C41H49N5O6. The average molecular weight is 708 g/mol. The number of primary amides is 1. The molecule has 0 heterocycles. The van der Waals surface area contributed by atoms with E-state index in [9.17, 15) is 19.2 Å². The van der Waals surface area contributed by atoms with Gasteiger partial charge < -0.3 is 36.9 Å². The van der Waals surface area contributed by atoms with Gasteiger partial charge in [-0.25, -0.2) is 4.79 Å². The van der Waals surface area contributed by atoms with E-state index in [0.29, 0.717) is 26.0 Å². The van der Waals surface area contributed by atoms with Crippen molar-refractivity contribution in [1.82, 2.24) is 16.0 Å². The second-order valence-corrected chi connectivity index (χ2v) is 12.8. The Morgan fingerprint density at radius 3 is 1.79 bits per heavy atom. The maximum absolute atomic E-state index is 13.6. The van der Waals surface area contributed by atoms with Crippen molar-refractivity contribution in [2.45, 2.75) is 77.3 Å². The normalized spacial score (nSPS) is 12.5. The Bertz CT molecular complexity index is 1730. The lowest BCUT2D eigenvalue weighted by molar-refractivity contribution is -0.131. The van der Waals surface area contributed by atoms with Crippen LogP contribution in [0, 0.1) is 13.8 Å². The summed E-state index contributed by atoms with van der Waals surface area (Å²) in [5.41, 5.74) is 17.6. The molecule has 0 spiro atoms. The summed E-state index contributed by atoms with van der Waals surface area (Å²) in [5.74, 6) is -1.04. The molecule has 0 aromatic heterocycles. The number of rotatable bonds is 19. The van der Waals surface area contributed by atoms with Crippen molar-refractivity contribution < 1.29 is 28.7 Å². The molecule has 4 rings (SSSR count). The molecule has 4 aromatic rings. The van der Waals surface area contributed by atoms with Crippen molar-refractivity contribution in [1.29, 1.82) is 0 Å². The second-order valence-electron chi connectivity index (χ2n) is 12.8. The summed E-state index contributed by atoms with van der Waals surface area (Å²) < 4.78 is 11.3. The molecule has 11 nitrogen and oxygen atoms in total. The number of benzene rings is 4. The van der Waals surface area contributed by atoms with Crippen molar-refractivity contribution in [2.75, 3.05) is 6.54 Å². The van der Waals surface area contributed by atoms with Gasteiger partial charge in [-0.15, -0.1) is 0 Å². The van der Waals surface area contributed by atoms with Crippen molar-refractivity contribution >= 4 is 23.8 Å². The molecule has 274 valence electrons. The maximum atomic E-state index is 13.6. The second kappa shape index (κ2) is 20.2. The molecule has 0 bridgehead atoms. The zero-order valence-corrected chi connectivity index (χ0v) is 29.8. The van der Waals surface area contributed by atoms with Crippen LogP contribution in [0.4, 0.5) is 4.79 Å². The summed E-state index contributed by atoms with van der Waals surface area (Å²) >= 11 is 0. The lowest BCUT2D eigenvalue weighted by Crippen LogP contribution is -2.56. The van der Waals surface area contributed by atoms with Gasteiger partial charge in [0.05, 0.1) is 6.04 Å². The fourth-order valence-corrected chi connectivity index (χ4v) is 5.74. The van der Waals surface area contributed by atoms with Crippen LogP contribution in [0.2, 0.25) is 0 Å². The molecule has 52 heavy (non-hydrogen) atoms. The number of carbonyl (C=O) groups is 4. The number of hydrogen-bond donors (Lipinski definition) is 5. The quantitative estimate of drug-likeness (QED) is 0.0889. The molecule has 0 saturated heterocycles. The first-order valence-electron chi connectivity index (χ1n) is 17.5. The van der Waals surface area contributed by atoms with Gasteiger partial charge in [-0.3, -0.25) is 14.4 Å². The first-order chi connectivity index (χ1) is 25.1. The molecule has 4 aromatic carbocycles. The van der Waals surface area contributed by atoms with E-state index in [1.165, 1.54) is 0 Å². The van der Waals surface area contributed by atoms with Gasteiger partial charge in [-0.05, 0) is 85.0 Å². The van der Waals surface area contributed by atoms with Crippen LogP contribution in [0.1, 0.15) is 52.6 Å². The molecule has 0 radical (unpaired) electrons. The molecule has 0 aliphatic carbocycles. The predicted octanol–water partition coefficient (Wildman–Crippen LogP) is 4.55. The van der Waals surface area contributed by atoms with Crippen LogP contribution in [0.5, 0.6) is 5.75 Å². The van der Waals surface area contributed by atoms with E-state index < -0.39 is 41.9 Å². The Balaban J connectivity index is 1.35. The number of aryl methyl sites for hydroxylation is 2. The van der Waals surface area contributed by atoms with Gasteiger partial charge in [0.25, 0.3) is 0 Å². The van der Waals surface area contributed by atoms with Crippen molar-refractivity contribution in [2.24, 2.45) is 11.5 Å². The van der Waals surface area contributed by atoms with Gasteiger partial charge >= 0.3 is 6.09 Å². The van der Waals surface area contributed by atoms with Crippen LogP contribution >= 0.6 is 0 Å². The molecule has 0 aliphatic heterocycles. The number of nitrogens with one attached hydrogen (secondary N) is 3. The van der Waals surface area contributed by atoms with Gasteiger partial charge in [0, 0.05) is 13.0 Å². The molecule has 0 fully saturated rings. The number of ether oxygens (including phenoxy) is 2. The van der Waals surface area contributed by atoms with Gasteiger partial charge in [0.15, 0.2) is 0 Å². The molecule has 7 N–H and O–H groups in total. The Kier molecular flexibility index (Phi) is 15.2. The summed E-state index contributed by atoms with van der Waals surface area (Å²) in [6.45, 7) is 4.77. The smallest absolute Gasteiger partial charge is 0.407 e. The Morgan fingerprint density at radius 2 is 1.21 bits per heavy atom. The van der Waals surface area contributed by atoms with Crippen molar-refractivity contribution in [3.05, 3.63) is 137 Å². The zero-order valence-electron chi connectivity index (χ0n) is 29.8. The van der Waals surface area contributed by atoms with E-state index in [0.717, 1.165) is 39.1 Å². The third-order valence-corrected chi connectivity index (χ3v) is 8.66. The highest BCUT2D eigenvalue weighted by Crippen LogP contribution is 2.24. The molecule has 0 saturated carbocycles. The molecule has 0 aliphatic rings. The van der Waals surface area contributed by atoms with E-state index in [2.05, 4.69) is 16.0 Å². The summed E-state index contributed by atoms with van der Waals surface area (Å²) in [7, 11) is 0. The van der Waals surface area contributed by atoms with Crippen LogP contribution in [0.3, 0.4) is 0 Å². The molecular weight excluding hydrogens is 658 g/mol. The van der Waals surface area contributed by atoms with Gasteiger partial charge in [0.1, 0.15) is 31.0 Å². The highest BCUT2D eigenvalue weighted by Gasteiger charge is 2.28. The number of carbonyl (C=O) groups excluding carboxylic acids is 4. The summed E-state index contributed by atoms with van der Waals surface area (Å²) in [4.78, 5) is 51.6. The minimum atomic E-state index is -1.00. The van der Waals surface area contributed by atoms with Crippen molar-refractivity contribution in [3.63, 3.8) is 0 Å². The standard InChI is InChI=1S/C41H49N5O6/c1-28-22-33(51-26-31-16-8-4-9-17-31)23-29(2)34(28)25-35(42)39(48)45-36(40(49)46-37(38(43)47)24-30-14-6-3-7-15-30)20-12-13-21-44-41(50)52-27-32-18-10-5-11-19-32/h3-11,14-19,22-23,35-37H,12-13,20-21,24-27,42H2,1-2H3,(H2,43,47)(H,44,50)(H,45,48)(H,46,49)/t35?,36-,37-/m0/s1. The third-order valence-electron chi connectivity index (χ3n) is 8.66. The largest absolute Gasteiger partial charge is 0.489 e. The molecule has 1 unspecified atom stereocenters. The minimum absolute atomic E-state index is 0.149. The van der Waals surface area contributed by atoms with Crippen LogP contribution in [0.15, 0.2) is 103 Å². The predicted molar refractivity (Wildman–Crippen MR) is 200 cm³/mol. The number of hydrogen-bond acceptors (Lipinski definition) is 7. The zero-order chi connectivity index (χ0) is 37.3. The Labute approximate surface area is 305 Å². The summed E-state index contributed by atoms with van der Waals surface area (Å²) in [5, 5.41) is 8.24. The first kappa shape index (κ1) is 39.1. The van der Waals surface area contributed by atoms with Crippen LogP contribution in [-0.4, -0.2) is 48.5 Å². The molecule has 3 atom stereocenters. The summed E-state index contributed by atoms with van der Waals surface area (Å²) in [6, 6.07) is 29.3. The number of unbranched alkanes of at least 4 members (excludes halogenated alkanes) is 1. The highest BCUT2D eigenvalue weighted by atomic mass is 16.5.